The van der Waals surface area contributed by atoms with Gasteiger partial charge in [0, 0.05) is 30.9 Å². The quantitative estimate of drug-likeness (QED) is 0.791. The molecule has 1 amide bonds. The lowest BCUT2D eigenvalue weighted by Gasteiger charge is -2.11. The van der Waals surface area contributed by atoms with Gasteiger partial charge in [0.2, 0.25) is 5.91 Å². The van der Waals surface area contributed by atoms with Crippen molar-refractivity contribution in [1.29, 1.82) is 0 Å². The van der Waals surface area contributed by atoms with Gasteiger partial charge in [-0.1, -0.05) is 38.1 Å². The maximum Gasteiger partial charge on any atom is 0.224 e. The van der Waals surface area contributed by atoms with E-state index in [0.717, 1.165) is 35.6 Å². The van der Waals surface area contributed by atoms with Crippen molar-refractivity contribution in [2.75, 3.05) is 14.1 Å². The largest absolute Gasteiger partial charge is 0.352 e. The van der Waals surface area contributed by atoms with Crippen molar-refractivity contribution in [3.05, 3.63) is 52.3 Å². The maximum absolute atomic E-state index is 12.4. The van der Waals surface area contributed by atoms with Gasteiger partial charge in [0.1, 0.15) is 0 Å². The van der Waals surface area contributed by atoms with Gasteiger partial charge in [-0.15, -0.1) is 0 Å². The topological polar surface area (TPSA) is 50.2 Å². The second-order valence-electron chi connectivity index (χ2n) is 7.73. The van der Waals surface area contributed by atoms with Crippen LogP contribution in [-0.2, 0) is 30.8 Å². The van der Waals surface area contributed by atoms with Crippen LogP contribution >= 0.6 is 0 Å². The van der Waals surface area contributed by atoms with Gasteiger partial charge in [-0.2, -0.15) is 5.10 Å². The number of carbonyl (C=O) groups excluding carboxylic acids is 1. The Labute approximate surface area is 157 Å². The summed E-state index contributed by atoms with van der Waals surface area (Å²) in [5.41, 5.74) is 5.48. The van der Waals surface area contributed by atoms with E-state index in [1.807, 2.05) is 11.6 Å². The van der Waals surface area contributed by atoms with E-state index >= 15 is 0 Å². The summed E-state index contributed by atoms with van der Waals surface area (Å²) in [7, 11) is 4.11. The van der Waals surface area contributed by atoms with Gasteiger partial charge in [0.25, 0.3) is 0 Å². The van der Waals surface area contributed by atoms with E-state index in [1.165, 1.54) is 5.56 Å². The van der Waals surface area contributed by atoms with E-state index in [-0.39, 0.29) is 5.91 Å². The van der Waals surface area contributed by atoms with Crippen LogP contribution in [0.5, 0.6) is 0 Å². The van der Waals surface area contributed by atoms with Crippen molar-refractivity contribution in [1.82, 2.24) is 20.0 Å². The highest BCUT2D eigenvalue weighted by atomic mass is 16.1. The molecule has 0 spiro atoms. The first-order valence-corrected chi connectivity index (χ1v) is 9.28. The van der Waals surface area contributed by atoms with Crippen molar-refractivity contribution in [2.45, 2.75) is 53.8 Å². The molecular weight excluding hydrogens is 324 g/mol. The molecule has 2 rings (SSSR count). The molecule has 142 valence electrons. The molecule has 0 bridgehead atoms. The molecule has 1 heterocycles. The van der Waals surface area contributed by atoms with Gasteiger partial charge in [-0.3, -0.25) is 9.48 Å². The van der Waals surface area contributed by atoms with Crippen molar-refractivity contribution in [3.8, 4) is 0 Å². The summed E-state index contributed by atoms with van der Waals surface area (Å²) >= 11 is 0. The summed E-state index contributed by atoms with van der Waals surface area (Å²) in [4.78, 5) is 14.5. The Morgan fingerprint density at radius 3 is 2.35 bits per heavy atom. The lowest BCUT2D eigenvalue weighted by atomic mass is 10.1. The lowest BCUT2D eigenvalue weighted by molar-refractivity contribution is -0.120. The minimum Gasteiger partial charge on any atom is -0.352 e. The number of benzene rings is 1. The van der Waals surface area contributed by atoms with Crippen LogP contribution in [0, 0.1) is 19.8 Å². The third-order valence-electron chi connectivity index (χ3n) is 4.42. The first-order chi connectivity index (χ1) is 12.3. The summed E-state index contributed by atoms with van der Waals surface area (Å²) in [6.45, 7) is 10.7. The van der Waals surface area contributed by atoms with Crippen LogP contribution in [0.1, 0.15) is 41.9 Å². The molecule has 26 heavy (non-hydrogen) atoms. The molecule has 0 saturated heterocycles. The smallest absolute Gasteiger partial charge is 0.224 e. The maximum atomic E-state index is 12.4. The normalized spacial score (nSPS) is 11.4. The fourth-order valence-corrected chi connectivity index (χ4v) is 3.06. The minimum absolute atomic E-state index is 0.0395. The lowest BCUT2D eigenvalue weighted by Crippen LogP contribution is -2.25. The Morgan fingerprint density at radius 2 is 1.77 bits per heavy atom. The van der Waals surface area contributed by atoms with Crippen LogP contribution in [0.2, 0.25) is 0 Å². The number of carbonyl (C=O) groups is 1. The Bertz CT molecular complexity index is 729. The fourth-order valence-electron chi connectivity index (χ4n) is 3.06. The van der Waals surface area contributed by atoms with Crippen molar-refractivity contribution < 1.29 is 4.79 Å². The molecule has 0 fully saturated rings. The van der Waals surface area contributed by atoms with Gasteiger partial charge >= 0.3 is 0 Å². The van der Waals surface area contributed by atoms with Crippen molar-refractivity contribution in [3.63, 3.8) is 0 Å². The van der Waals surface area contributed by atoms with E-state index in [2.05, 4.69) is 74.4 Å². The highest BCUT2D eigenvalue weighted by Crippen LogP contribution is 2.15. The van der Waals surface area contributed by atoms with Crippen molar-refractivity contribution >= 4 is 5.91 Å². The second kappa shape index (κ2) is 8.99. The zero-order valence-corrected chi connectivity index (χ0v) is 17.0. The summed E-state index contributed by atoms with van der Waals surface area (Å²) in [6, 6.07) is 8.39. The van der Waals surface area contributed by atoms with E-state index < -0.39 is 0 Å². The molecule has 0 radical (unpaired) electrons. The van der Waals surface area contributed by atoms with Crippen LogP contribution in [0.15, 0.2) is 24.3 Å². The van der Waals surface area contributed by atoms with Gasteiger partial charge < -0.3 is 10.2 Å². The number of nitrogens with one attached hydrogen (secondary N) is 1. The number of amides is 1. The average molecular weight is 357 g/mol. The number of hydrogen-bond donors (Lipinski definition) is 1. The van der Waals surface area contributed by atoms with E-state index in [9.17, 15) is 4.79 Å². The van der Waals surface area contributed by atoms with Crippen LogP contribution in [0.3, 0.4) is 0 Å². The van der Waals surface area contributed by atoms with Crippen molar-refractivity contribution in [2.24, 2.45) is 5.92 Å². The van der Waals surface area contributed by atoms with Gasteiger partial charge in [0.05, 0.1) is 12.1 Å². The van der Waals surface area contributed by atoms with E-state index in [0.29, 0.717) is 18.9 Å². The third-order valence-corrected chi connectivity index (χ3v) is 4.42. The molecule has 1 N–H and O–H groups in total. The summed E-state index contributed by atoms with van der Waals surface area (Å²) in [5.74, 6) is 0.572. The Hall–Kier alpha value is -2.14. The van der Waals surface area contributed by atoms with Crippen LogP contribution in [-0.4, -0.2) is 34.7 Å². The Kier molecular flexibility index (Phi) is 6.98. The number of hydrogen-bond acceptors (Lipinski definition) is 3. The second-order valence-corrected chi connectivity index (χ2v) is 7.73. The summed E-state index contributed by atoms with van der Waals surface area (Å²) < 4.78 is 2.02. The predicted molar refractivity (Wildman–Crippen MR) is 106 cm³/mol. The molecule has 1 aromatic carbocycles. The molecule has 5 heteroatoms. The number of aryl methyl sites for hydroxylation is 1. The Balaban J connectivity index is 1.92. The Morgan fingerprint density at radius 1 is 1.15 bits per heavy atom. The SMILES string of the molecule is Cc1nn(CC(C)C)c(C)c1CC(=O)NCc1ccc(CN(C)C)cc1. The standard InChI is InChI=1S/C21H32N4O/c1-15(2)13-25-17(4)20(16(3)23-25)11-21(26)22-12-18-7-9-19(10-8-18)14-24(5)6/h7-10,15H,11-14H2,1-6H3,(H,22,26). The first-order valence-electron chi connectivity index (χ1n) is 9.28. The number of aromatic nitrogens is 2. The van der Waals surface area contributed by atoms with Gasteiger partial charge in [-0.25, -0.2) is 0 Å². The van der Waals surface area contributed by atoms with Gasteiger partial charge in [0.15, 0.2) is 0 Å². The molecule has 5 nitrogen and oxygen atoms in total. The minimum atomic E-state index is 0.0395. The number of nitrogens with zero attached hydrogens (tertiary/aromatic N) is 3. The fraction of sp³-hybridized carbons (Fsp3) is 0.524. The first kappa shape index (κ1) is 20.2. The predicted octanol–water partition coefficient (Wildman–Crippen LogP) is 3.08. The molecule has 0 aliphatic heterocycles. The molecule has 0 atom stereocenters. The molecule has 0 aliphatic rings. The zero-order valence-electron chi connectivity index (χ0n) is 17.0. The molecule has 2 aromatic rings. The van der Waals surface area contributed by atoms with E-state index in [1.54, 1.807) is 0 Å². The molecular formula is C21H32N4O. The third kappa shape index (κ3) is 5.70. The molecule has 1 aromatic heterocycles. The molecule has 0 aliphatic carbocycles. The number of rotatable bonds is 8. The highest BCUT2D eigenvalue weighted by molar-refractivity contribution is 5.79. The zero-order chi connectivity index (χ0) is 19.3. The molecule has 0 saturated carbocycles. The average Bonchev–Trinajstić information content (AvgIpc) is 2.80. The summed E-state index contributed by atoms with van der Waals surface area (Å²) in [6.07, 6.45) is 0.383. The highest BCUT2D eigenvalue weighted by Gasteiger charge is 2.15. The van der Waals surface area contributed by atoms with Crippen LogP contribution < -0.4 is 5.32 Å². The van der Waals surface area contributed by atoms with Gasteiger partial charge in [-0.05, 0) is 45.0 Å². The summed E-state index contributed by atoms with van der Waals surface area (Å²) in [5, 5.41) is 7.61. The molecule has 0 unspecified atom stereocenters. The monoisotopic (exact) mass is 356 g/mol. The van der Waals surface area contributed by atoms with E-state index in [4.69, 9.17) is 0 Å². The van der Waals surface area contributed by atoms with Crippen LogP contribution in [0.25, 0.3) is 0 Å². The van der Waals surface area contributed by atoms with Crippen LogP contribution in [0.4, 0.5) is 0 Å².